The molecule has 0 unspecified atom stereocenters. The van der Waals surface area contributed by atoms with Gasteiger partial charge in [-0.25, -0.2) is 0 Å². The molecule has 3 aliphatic rings. The molecule has 0 radical (unpaired) electrons. The van der Waals surface area contributed by atoms with Gasteiger partial charge >= 0.3 is 0 Å². The zero-order valence-electron chi connectivity index (χ0n) is 17.7. The molecule has 0 spiro atoms. The molecule has 3 heterocycles. The van der Waals surface area contributed by atoms with E-state index in [1.54, 1.807) is 11.1 Å². The lowest BCUT2D eigenvalue weighted by molar-refractivity contribution is 0.353. The van der Waals surface area contributed by atoms with E-state index in [0.717, 1.165) is 6.67 Å². The van der Waals surface area contributed by atoms with Crippen molar-refractivity contribution in [3.8, 4) is 11.1 Å². The molecule has 3 nitrogen and oxygen atoms in total. The highest BCUT2D eigenvalue weighted by atomic mass is 15.4. The van der Waals surface area contributed by atoms with Crippen LogP contribution in [0.25, 0.3) is 22.5 Å². The summed E-state index contributed by atoms with van der Waals surface area (Å²) in [6.07, 6.45) is 8.86. The largest absolute Gasteiger partial charge is 0.349 e. The monoisotopic (exact) mass is 393 g/mol. The molecule has 150 valence electrons. The second-order valence-electron chi connectivity index (χ2n) is 8.96. The molecule has 0 amide bonds. The highest BCUT2D eigenvalue weighted by molar-refractivity contribution is 6.08. The van der Waals surface area contributed by atoms with Gasteiger partial charge in [-0.15, -0.1) is 0 Å². The van der Waals surface area contributed by atoms with Gasteiger partial charge in [-0.1, -0.05) is 24.3 Å². The number of para-hydroxylation sites is 1. The number of aromatic nitrogens is 1. The molecule has 0 atom stereocenters. The molecule has 0 N–H and O–H groups in total. The van der Waals surface area contributed by atoms with Gasteiger partial charge in [0.1, 0.15) is 0 Å². The Kier molecular flexibility index (Phi) is 3.98. The Morgan fingerprint density at radius 1 is 0.800 bits per heavy atom. The minimum absolute atomic E-state index is 0.416. The van der Waals surface area contributed by atoms with E-state index < -0.39 is 0 Å². The number of hydrogen-bond donors (Lipinski definition) is 0. The molecule has 3 heteroatoms. The van der Waals surface area contributed by atoms with Gasteiger partial charge in [-0.2, -0.15) is 0 Å². The molecular weight excluding hydrogens is 366 g/mol. The van der Waals surface area contributed by atoms with E-state index >= 15 is 0 Å². The first-order valence-corrected chi connectivity index (χ1v) is 11.2. The summed E-state index contributed by atoms with van der Waals surface area (Å²) < 4.78 is 0. The molecule has 0 saturated heterocycles. The van der Waals surface area contributed by atoms with Crippen molar-refractivity contribution in [1.82, 2.24) is 9.88 Å². The van der Waals surface area contributed by atoms with Crippen molar-refractivity contribution in [2.75, 3.05) is 11.6 Å². The van der Waals surface area contributed by atoms with Crippen molar-refractivity contribution in [3.63, 3.8) is 0 Å². The van der Waals surface area contributed by atoms with E-state index in [-0.39, 0.29) is 0 Å². The van der Waals surface area contributed by atoms with Crippen LogP contribution in [-0.2, 0) is 12.8 Å². The average Bonchev–Trinajstić information content (AvgIpc) is 3.20. The van der Waals surface area contributed by atoms with Crippen LogP contribution in [0.3, 0.4) is 0 Å². The van der Waals surface area contributed by atoms with Crippen molar-refractivity contribution < 1.29 is 0 Å². The SMILES string of the molecule is CC(C)N1CN2C(=C1c1ccncc1)c1cc3c(cc1-c1ccccc12)CCCC3. The number of hydrogen-bond acceptors (Lipinski definition) is 3. The first-order chi connectivity index (χ1) is 14.7. The van der Waals surface area contributed by atoms with Gasteiger partial charge in [0, 0.05) is 35.1 Å². The van der Waals surface area contributed by atoms with E-state index in [1.807, 2.05) is 12.4 Å². The lowest BCUT2D eigenvalue weighted by Crippen LogP contribution is -2.33. The van der Waals surface area contributed by atoms with Crippen molar-refractivity contribution in [3.05, 3.63) is 83.2 Å². The topological polar surface area (TPSA) is 19.4 Å². The molecule has 0 fully saturated rings. The summed E-state index contributed by atoms with van der Waals surface area (Å²) >= 11 is 0. The van der Waals surface area contributed by atoms with Crippen LogP contribution in [0.5, 0.6) is 0 Å². The fourth-order valence-corrected chi connectivity index (χ4v) is 5.40. The zero-order chi connectivity index (χ0) is 20.2. The Balaban J connectivity index is 1.69. The number of benzene rings is 2. The summed E-state index contributed by atoms with van der Waals surface area (Å²) in [6.45, 7) is 5.47. The van der Waals surface area contributed by atoms with Gasteiger partial charge < -0.3 is 9.80 Å². The molecule has 1 aliphatic carbocycles. The van der Waals surface area contributed by atoms with Gasteiger partial charge in [-0.05, 0) is 80.5 Å². The molecule has 2 aliphatic heterocycles. The fourth-order valence-electron chi connectivity index (χ4n) is 5.40. The maximum atomic E-state index is 4.27. The fraction of sp³-hybridized carbons (Fsp3) is 0.296. The Labute approximate surface area is 178 Å². The number of aryl methyl sites for hydroxylation is 2. The Morgan fingerprint density at radius 3 is 2.23 bits per heavy atom. The van der Waals surface area contributed by atoms with E-state index in [1.165, 1.54) is 65.0 Å². The van der Waals surface area contributed by atoms with Crippen molar-refractivity contribution >= 4 is 17.1 Å². The van der Waals surface area contributed by atoms with Crippen LogP contribution >= 0.6 is 0 Å². The number of anilines is 1. The van der Waals surface area contributed by atoms with Crippen LogP contribution < -0.4 is 4.90 Å². The number of nitrogens with zero attached hydrogens (tertiary/aromatic N) is 3. The van der Waals surface area contributed by atoms with E-state index in [0.29, 0.717) is 6.04 Å². The third-order valence-corrected chi connectivity index (χ3v) is 6.87. The van der Waals surface area contributed by atoms with Gasteiger partial charge in [-0.3, -0.25) is 4.98 Å². The van der Waals surface area contributed by atoms with Crippen LogP contribution in [-0.4, -0.2) is 22.6 Å². The zero-order valence-corrected chi connectivity index (χ0v) is 17.7. The minimum Gasteiger partial charge on any atom is -0.349 e. The van der Waals surface area contributed by atoms with Gasteiger partial charge in [0.15, 0.2) is 0 Å². The summed E-state index contributed by atoms with van der Waals surface area (Å²) in [5.74, 6) is 0. The van der Waals surface area contributed by atoms with E-state index in [2.05, 4.69) is 77.2 Å². The summed E-state index contributed by atoms with van der Waals surface area (Å²) in [5.41, 5.74) is 12.5. The van der Waals surface area contributed by atoms with Crippen LogP contribution in [0.15, 0.2) is 60.9 Å². The van der Waals surface area contributed by atoms with Crippen LogP contribution in [0.1, 0.15) is 48.9 Å². The van der Waals surface area contributed by atoms with Crippen molar-refractivity contribution in [2.24, 2.45) is 0 Å². The molecule has 0 saturated carbocycles. The second-order valence-corrected chi connectivity index (χ2v) is 8.96. The third-order valence-electron chi connectivity index (χ3n) is 6.87. The Morgan fingerprint density at radius 2 is 1.50 bits per heavy atom. The Bertz CT molecular complexity index is 1160. The van der Waals surface area contributed by atoms with Crippen LogP contribution in [0.4, 0.5) is 5.69 Å². The third kappa shape index (κ3) is 2.54. The molecule has 2 aromatic carbocycles. The molecule has 1 aromatic heterocycles. The van der Waals surface area contributed by atoms with E-state index in [9.17, 15) is 0 Å². The van der Waals surface area contributed by atoms with Crippen LogP contribution in [0, 0.1) is 0 Å². The maximum Gasteiger partial charge on any atom is 0.0956 e. The minimum atomic E-state index is 0.416. The number of rotatable bonds is 2. The lowest BCUT2D eigenvalue weighted by Gasteiger charge is -2.33. The summed E-state index contributed by atoms with van der Waals surface area (Å²) in [4.78, 5) is 9.34. The second kappa shape index (κ2) is 6.73. The van der Waals surface area contributed by atoms with Gasteiger partial charge in [0.05, 0.1) is 23.8 Å². The lowest BCUT2D eigenvalue weighted by atomic mass is 9.83. The van der Waals surface area contributed by atoms with Gasteiger partial charge in [0.2, 0.25) is 0 Å². The highest BCUT2D eigenvalue weighted by Crippen LogP contribution is 2.51. The standard InChI is InChI=1S/C27H27N3/c1-18(2)29-17-30-25-10-6-5-9-22(25)23-15-20-7-3-4-8-21(20)16-24(23)27(30)26(29)19-11-13-28-14-12-19/h5-6,9-16,18H,3-4,7-8,17H2,1-2H3. The van der Waals surface area contributed by atoms with Gasteiger partial charge in [0.25, 0.3) is 0 Å². The Hall–Kier alpha value is -3.07. The molecule has 6 rings (SSSR count). The average molecular weight is 394 g/mol. The first-order valence-electron chi connectivity index (χ1n) is 11.2. The smallest absolute Gasteiger partial charge is 0.0956 e. The summed E-state index contributed by atoms with van der Waals surface area (Å²) in [5, 5.41) is 0. The molecule has 30 heavy (non-hydrogen) atoms. The summed E-state index contributed by atoms with van der Waals surface area (Å²) in [7, 11) is 0. The predicted octanol–water partition coefficient (Wildman–Crippen LogP) is 5.95. The highest BCUT2D eigenvalue weighted by Gasteiger charge is 2.38. The quantitative estimate of drug-likeness (QED) is 0.536. The van der Waals surface area contributed by atoms with Crippen LogP contribution in [0.2, 0.25) is 0 Å². The molecule has 0 bridgehead atoms. The normalized spacial score (nSPS) is 17.0. The summed E-state index contributed by atoms with van der Waals surface area (Å²) in [6, 6.07) is 18.7. The number of pyridine rings is 1. The van der Waals surface area contributed by atoms with Crippen molar-refractivity contribution in [1.29, 1.82) is 0 Å². The number of fused-ring (bicyclic) bond motifs is 7. The van der Waals surface area contributed by atoms with E-state index in [4.69, 9.17) is 0 Å². The first kappa shape index (κ1) is 17.8. The molecule has 3 aromatic rings. The molecular formula is C27H27N3. The van der Waals surface area contributed by atoms with Crippen molar-refractivity contribution in [2.45, 2.75) is 45.6 Å². The maximum absolute atomic E-state index is 4.27. The predicted molar refractivity (Wildman–Crippen MR) is 124 cm³/mol.